The molecule has 0 aliphatic rings. The molecule has 2 amide bonds. The van der Waals surface area contributed by atoms with Crippen molar-refractivity contribution in [1.82, 2.24) is 10.2 Å². The fourth-order valence-corrected chi connectivity index (χ4v) is 5.22. The second kappa shape index (κ2) is 11.8. The normalized spacial score (nSPS) is 11.9. The number of nitro groups is 1. The van der Waals surface area contributed by atoms with Crippen LogP contribution in [0.3, 0.4) is 0 Å². The zero-order valence-electron chi connectivity index (χ0n) is 20.1. The lowest BCUT2D eigenvalue weighted by molar-refractivity contribution is -0.384. The van der Waals surface area contributed by atoms with Gasteiger partial charge in [-0.15, -0.1) is 0 Å². The third-order valence-corrected chi connectivity index (χ3v) is 7.83. The maximum Gasteiger partial charge on any atom is 0.269 e. The van der Waals surface area contributed by atoms with Crippen molar-refractivity contribution in [3.05, 3.63) is 99.6 Å². The molecule has 3 rings (SSSR count). The fraction of sp³-hybridized carbons (Fsp3) is 0.200. The highest BCUT2D eigenvalue weighted by atomic mass is 35.5. The van der Waals surface area contributed by atoms with E-state index in [0.717, 1.165) is 16.4 Å². The van der Waals surface area contributed by atoms with Gasteiger partial charge in [0.1, 0.15) is 12.6 Å². The van der Waals surface area contributed by atoms with Crippen LogP contribution in [0.25, 0.3) is 0 Å². The lowest BCUT2D eigenvalue weighted by Gasteiger charge is -2.32. The molecule has 3 aromatic rings. The number of likely N-dealkylation sites (N-methyl/N-ethyl adjacent to an activating group) is 1. The van der Waals surface area contributed by atoms with Gasteiger partial charge in [-0.3, -0.25) is 24.0 Å². The van der Waals surface area contributed by atoms with E-state index in [2.05, 4.69) is 5.32 Å². The van der Waals surface area contributed by atoms with Crippen LogP contribution in [-0.2, 0) is 26.2 Å². The van der Waals surface area contributed by atoms with Gasteiger partial charge in [0, 0.05) is 30.7 Å². The van der Waals surface area contributed by atoms with Gasteiger partial charge in [0.15, 0.2) is 0 Å². The van der Waals surface area contributed by atoms with Crippen molar-refractivity contribution in [1.29, 1.82) is 0 Å². The Morgan fingerprint density at radius 3 is 2.16 bits per heavy atom. The molecule has 0 bridgehead atoms. The number of sulfonamides is 1. The molecule has 10 nitrogen and oxygen atoms in total. The third-order valence-electron chi connectivity index (χ3n) is 5.67. The first-order valence-electron chi connectivity index (χ1n) is 11.1. The quantitative estimate of drug-likeness (QED) is 0.306. The zero-order valence-corrected chi connectivity index (χ0v) is 21.6. The van der Waals surface area contributed by atoms with E-state index in [-0.39, 0.29) is 22.8 Å². The molecule has 12 heteroatoms. The number of anilines is 1. The van der Waals surface area contributed by atoms with Crippen molar-refractivity contribution in [2.45, 2.75) is 24.4 Å². The molecule has 37 heavy (non-hydrogen) atoms. The van der Waals surface area contributed by atoms with Gasteiger partial charge < -0.3 is 10.2 Å². The number of carbonyl (C=O) groups excluding carboxylic acids is 2. The molecule has 0 radical (unpaired) electrons. The van der Waals surface area contributed by atoms with Gasteiger partial charge in [0.05, 0.1) is 15.5 Å². The minimum atomic E-state index is -4.26. The standard InChI is InChI=1S/C25H25ClN4O6S/c1-18(25(32)27-2)28(16-19-8-6-7-11-23(19)26)24(31)17-29(20-12-14-21(15-13-20)30(33)34)37(35,36)22-9-4-3-5-10-22/h3-15,18H,16-17H2,1-2H3,(H,27,32)/t18-/m0/s1. The van der Waals surface area contributed by atoms with Crippen LogP contribution in [0, 0.1) is 10.1 Å². The number of benzene rings is 3. The summed E-state index contributed by atoms with van der Waals surface area (Å²) in [6, 6.07) is 18.2. The number of nitrogens with one attached hydrogen (secondary N) is 1. The zero-order chi connectivity index (χ0) is 27.2. The van der Waals surface area contributed by atoms with Crippen LogP contribution < -0.4 is 9.62 Å². The smallest absolute Gasteiger partial charge is 0.269 e. The summed E-state index contributed by atoms with van der Waals surface area (Å²) >= 11 is 6.29. The monoisotopic (exact) mass is 544 g/mol. The van der Waals surface area contributed by atoms with Crippen molar-refractivity contribution in [3.63, 3.8) is 0 Å². The highest BCUT2D eigenvalue weighted by Crippen LogP contribution is 2.27. The van der Waals surface area contributed by atoms with Crippen molar-refractivity contribution >= 4 is 44.8 Å². The van der Waals surface area contributed by atoms with Crippen molar-refractivity contribution < 1.29 is 22.9 Å². The predicted molar refractivity (Wildman–Crippen MR) is 140 cm³/mol. The highest BCUT2D eigenvalue weighted by molar-refractivity contribution is 7.92. The molecular weight excluding hydrogens is 520 g/mol. The molecule has 0 saturated carbocycles. The predicted octanol–water partition coefficient (Wildman–Crippen LogP) is 3.61. The van der Waals surface area contributed by atoms with E-state index < -0.39 is 39.3 Å². The van der Waals surface area contributed by atoms with Crippen LogP contribution in [-0.4, -0.2) is 49.7 Å². The summed E-state index contributed by atoms with van der Waals surface area (Å²) in [5, 5.41) is 14.0. The van der Waals surface area contributed by atoms with Crippen molar-refractivity contribution in [3.8, 4) is 0 Å². The molecule has 1 N–H and O–H groups in total. The number of halogens is 1. The van der Waals surface area contributed by atoms with Gasteiger partial charge in [0.2, 0.25) is 11.8 Å². The number of non-ortho nitro benzene ring substituents is 1. The van der Waals surface area contributed by atoms with Gasteiger partial charge >= 0.3 is 0 Å². The summed E-state index contributed by atoms with van der Waals surface area (Å²) in [5.41, 5.74) is 0.384. The van der Waals surface area contributed by atoms with E-state index in [4.69, 9.17) is 11.6 Å². The van der Waals surface area contributed by atoms with Gasteiger partial charge in [0.25, 0.3) is 15.7 Å². The summed E-state index contributed by atoms with van der Waals surface area (Å²) < 4.78 is 28.1. The molecular formula is C25H25ClN4O6S. The Morgan fingerprint density at radius 1 is 1.00 bits per heavy atom. The number of amides is 2. The Hall–Kier alpha value is -3.96. The molecule has 0 spiro atoms. The van der Waals surface area contributed by atoms with E-state index in [1.54, 1.807) is 42.5 Å². The average molecular weight is 545 g/mol. The first-order chi connectivity index (χ1) is 17.6. The molecule has 0 unspecified atom stereocenters. The Balaban J connectivity index is 2.05. The van der Waals surface area contributed by atoms with Crippen molar-refractivity contribution in [2.75, 3.05) is 17.9 Å². The van der Waals surface area contributed by atoms with Gasteiger partial charge in [-0.1, -0.05) is 48.0 Å². The number of carbonyl (C=O) groups is 2. The molecule has 3 aromatic carbocycles. The van der Waals surface area contributed by atoms with E-state index >= 15 is 0 Å². The van der Waals surface area contributed by atoms with Gasteiger partial charge in [-0.25, -0.2) is 8.42 Å². The summed E-state index contributed by atoms with van der Waals surface area (Å²) in [5.74, 6) is -1.12. The number of nitro benzene ring substituents is 1. The highest BCUT2D eigenvalue weighted by Gasteiger charge is 2.32. The number of nitrogens with zero attached hydrogens (tertiary/aromatic N) is 3. The Kier molecular flexibility index (Phi) is 8.85. The SMILES string of the molecule is CNC(=O)[C@H](C)N(Cc1ccccc1Cl)C(=O)CN(c1ccc([N+](=O)[O-])cc1)S(=O)(=O)c1ccccc1. The summed E-state index contributed by atoms with van der Waals surface area (Å²) in [6.07, 6.45) is 0. The van der Waals surface area contributed by atoms with E-state index in [9.17, 15) is 28.1 Å². The molecule has 0 aliphatic heterocycles. The minimum absolute atomic E-state index is 0.0490. The van der Waals surface area contributed by atoms with Gasteiger partial charge in [-0.2, -0.15) is 0 Å². The summed E-state index contributed by atoms with van der Waals surface area (Å²) in [6.45, 7) is 0.808. The molecule has 194 valence electrons. The minimum Gasteiger partial charge on any atom is -0.357 e. The maximum absolute atomic E-state index is 13.6. The topological polar surface area (TPSA) is 130 Å². The second-order valence-corrected chi connectivity index (χ2v) is 10.3. The Labute approximate surface area is 219 Å². The van der Waals surface area contributed by atoms with Crippen LogP contribution >= 0.6 is 11.6 Å². The number of hydrogen-bond acceptors (Lipinski definition) is 6. The first kappa shape index (κ1) is 27.6. The third kappa shape index (κ3) is 6.43. The Bertz CT molecular complexity index is 1380. The van der Waals surface area contributed by atoms with Gasteiger partial charge in [-0.05, 0) is 42.8 Å². The van der Waals surface area contributed by atoms with E-state index in [1.165, 1.54) is 43.1 Å². The lowest BCUT2D eigenvalue weighted by Crippen LogP contribution is -2.50. The molecule has 0 aliphatic carbocycles. The molecule has 0 saturated heterocycles. The first-order valence-corrected chi connectivity index (χ1v) is 12.9. The maximum atomic E-state index is 13.6. The molecule has 0 heterocycles. The molecule has 0 fully saturated rings. The second-order valence-electron chi connectivity index (χ2n) is 8.00. The van der Waals surface area contributed by atoms with E-state index in [1.807, 2.05) is 0 Å². The van der Waals surface area contributed by atoms with E-state index in [0.29, 0.717) is 10.6 Å². The number of hydrogen-bond donors (Lipinski definition) is 1. The van der Waals surface area contributed by atoms with Crippen LogP contribution in [0.15, 0.2) is 83.8 Å². The lowest BCUT2D eigenvalue weighted by atomic mass is 10.1. The summed E-state index contributed by atoms with van der Waals surface area (Å²) in [7, 11) is -2.83. The average Bonchev–Trinajstić information content (AvgIpc) is 2.90. The van der Waals surface area contributed by atoms with Crippen LogP contribution in [0.5, 0.6) is 0 Å². The Morgan fingerprint density at radius 2 is 1.59 bits per heavy atom. The fourth-order valence-electron chi connectivity index (χ4n) is 3.59. The van der Waals surface area contributed by atoms with Crippen LogP contribution in [0.2, 0.25) is 5.02 Å². The van der Waals surface area contributed by atoms with Crippen molar-refractivity contribution in [2.24, 2.45) is 0 Å². The van der Waals surface area contributed by atoms with Crippen LogP contribution in [0.4, 0.5) is 11.4 Å². The van der Waals surface area contributed by atoms with Crippen LogP contribution in [0.1, 0.15) is 12.5 Å². The molecule has 0 aromatic heterocycles. The number of rotatable bonds is 10. The molecule has 1 atom stereocenters. The largest absolute Gasteiger partial charge is 0.357 e. The summed E-state index contributed by atoms with van der Waals surface area (Å²) in [4.78, 5) is 37.8.